The van der Waals surface area contributed by atoms with Crippen molar-refractivity contribution in [3.8, 4) is 11.1 Å². The van der Waals surface area contributed by atoms with Crippen molar-refractivity contribution in [2.75, 3.05) is 0 Å². The fourth-order valence-corrected chi connectivity index (χ4v) is 6.02. The van der Waals surface area contributed by atoms with E-state index in [1.54, 1.807) is 0 Å². The van der Waals surface area contributed by atoms with Crippen molar-refractivity contribution in [1.82, 2.24) is 0 Å². The molecule has 0 amide bonds. The van der Waals surface area contributed by atoms with E-state index >= 15 is 0 Å². The summed E-state index contributed by atoms with van der Waals surface area (Å²) in [5, 5.41) is 11.9. The number of halogens is 1. The number of Topliss-reactive ketones (excluding diaryl/α,β-unsaturated/α-hetero) is 1. The number of hydrogen-bond donors (Lipinski definition) is 1. The van der Waals surface area contributed by atoms with Crippen LogP contribution in [0.3, 0.4) is 0 Å². The molecule has 0 heterocycles. The fourth-order valence-electron chi connectivity index (χ4n) is 5.89. The number of fused-ring (bicyclic) bond motifs is 2. The summed E-state index contributed by atoms with van der Waals surface area (Å²) in [5.41, 5.74) is 4.76. The Kier molecular flexibility index (Phi) is 4.35. The Labute approximate surface area is 171 Å². The predicted octanol–water partition coefficient (Wildman–Crippen LogP) is 6.47. The van der Waals surface area contributed by atoms with Gasteiger partial charge >= 0.3 is 0 Å². The van der Waals surface area contributed by atoms with Crippen LogP contribution >= 0.6 is 11.6 Å². The summed E-state index contributed by atoms with van der Waals surface area (Å²) in [4.78, 5) is 13.5. The van der Waals surface area contributed by atoms with Gasteiger partial charge in [0.25, 0.3) is 0 Å². The van der Waals surface area contributed by atoms with Crippen molar-refractivity contribution in [3.63, 3.8) is 0 Å². The highest BCUT2D eigenvalue weighted by molar-refractivity contribution is 6.30. The van der Waals surface area contributed by atoms with Gasteiger partial charge in [-0.2, -0.15) is 0 Å². The molecule has 0 radical (unpaired) electrons. The van der Waals surface area contributed by atoms with E-state index in [-0.39, 0.29) is 17.6 Å². The molecule has 144 valence electrons. The first kappa shape index (κ1) is 18.0. The molecule has 2 aromatic carbocycles. The maximum atomic E-state index is 13.5. The van der Waals surface area contributed by atoms with Crippen LogP contribution in [0.15, 0.2) is 48.2 Å². The molecule has 4 aliphatic rings. The zero-order chi connectivity index (χ0) is 19.4. The largest absolute Gasteiger partial charge is 0.511 e. The molecule has 4 aliphatic carbocycles. The van der Waals surface area contributed by atoms with Crippen molar-refractivity contribution in [1.29, 1.82) is 0 Å². The molecule has 0 aromatic heterocycles. The predicted molar refractivity (Wildman–Crippen MR) is 113 cm³/mol. The zero-order valence-corrected chi connectivity index (χ0v) is 16.9. The van der Waals surface area contributed by atoms with Crippen LogP contribution in [0.25, 0.3) is 16.7 Å². The summed E-state index contributed by atoms with van der Waals surface area (Å²) >= 11 is 6.04. The third-order valence-corrected chi connectivity index (χ3v) is 7.53. The summed E-state index contributed by atoms with van der Waals surface area (Å²) in [7, 11) is 0. The van der Waals surface area contributed by atoms with Crippen LogP contribution in [-0.4, -0.2) is 10.9 Å². The molecule has 28 heavy (non-hydrogen) atoms. The average molecular weight is 393 g/mol. The summed E-state index contributed by atoms with van der Waals surface area (Å²) < 4.78 is 0. The van der Waals surface area contributed by atoms with Crippen LogP contribution < -0.4 is 0 Å². The highest BCUT2D eigenvalue weighted by atomic mass is 35.5. The topological polar surface area (TPSA) is 37.3 Å². The molecular formula is C25H25ClO2. The van der Waals surface area contributed by atoms with Crippen LogP contribution in [0.2, 0.25) is 5.02 Å². The Balaban J connectivity index is 1.63. The van der Waals surface area contributed by atoms with Crippen molar-refractivity contribution in [2.45, 2.75) is 39.0 Å². The van der Waals surface area contributed by atoms with Gasteiger partial charge in [0.1, 0.15) is 5.76 Å². The second kappa shape index (κ2) is 6.77. The lowest BCUT2D eigenvalue weighted by Gasteiger charge is -2.44. The van der Waals surface area contributed by atoms with Crippen LogP contribution in [0.5, 0.6) is 0 Å². The van der Waals surface area contributed by atoms with Gasteiger partial charge in [0.15, 0.2) is 5.78 Å². The normalized spacial score (nSPS) is 28.7. The van der Waals surface area contributed by atoms with E-state index in [0.717, 1.165) is 54.4 Å². The molecular weight excluding hydrogens is 368 g/mol. The van der Waals surface area contributed by atoms with Gasteiger partial charge < -0.3 is 5.11 Å². The van der Waals surface area contributed by atoms with Crippen LogP contribution in [0.1, 0.15) is 43.7 Å². The van der Waals surface area contributed by atoms with Crippen LogP contribution in [0.4, 0.5) is 0 Å². The van der Waals surface area contributed by atoms with Crippen LogP contribution in [-0.2, 0) is 11.2 Å². The Morgan fingerprint density at radius 2 is 1.54 bits per heavy atom. The maximum absolute atomic E-state index is 13.5. The Hall–Kier alpha value is -2.06. The van der Waals surface area contributed by atoms with E-state index in [4.69, 9.17) is 11.6 Å². The van der Waals surface area contributed by atoms with E-state index in [0.29, 0.717) is 28.2 Å². The average Bonchev–Trinajstić information content (AvgIpc) is 3.01. The zero-order valence-electron chi connectivity index (χ0n) is 16.1. The number of benzene rings is 2. The Morgan fingerprint density at radius 1 is 0.929 bits per heavy atom. The quantitative estimate of drug-likeness (QED) is 0.649. The molecule has 3 fully saturated rings. The fraction of sp³-hybridized carbons (Fsp3) is 0.400. The number of aliphatic hydroxyl groups is 1. The molecule has 0 saturated heterocycles. The third-order valence-electron chi connectivity index (χ3n) is 7.28. The first-order valence-corrected chi connectivity index (χ1v) is 10.8. The molecule has 2 atom stereocenters. The first-order valence-electron chi connectivity index (χ1n) is 10.4. The molecule has 2 bridgehead atoms. The lowest BCUT2D eigenvalue weighted by molar-refractivity contribution is -0.123. The number of aliphatic hydroxyl groups excluding tert-OH is 1. The monoisotopic (exact) mass is 392 g/mol. The molecule has 6 rings (SSSR count). The number of carbonyl (C=O) groups excluding carboxylic acids is 1. The van der Waals surface area contributed by atoms with E-state index in [2.05, 4.69) is 25.1 Å². The lowest BCUT2D eigenvalue weighted by atomic mass is 9.59. The van der Waals surface area contributed by atoms with Gasteiger partial charge in [0, 0.05) is 16.9 Å². The summed E-state index contributed by atoms with van der Waals surface area (Å²) in [5.74, 6) is 1.53. The number of carbonyl (C=O) groups is 1. The highest BCUT2D eigenvalue weighted by Crippen LogP contribution is 2.57. The molecule has 0 aliphatic heterocycles. The number of rotatable bonds is 3. The minimum atomic E-state index is 0.00592. The van der Waals surface area contributed by atoms with Crippen LogP contribution in [0, 0.1) is 23.7 Å². The Bertz CT molecular complexity index is 965. The molecule has 2 aromatic rings. The number of ketones is 1. The van der Waals surface area contributed by atoms with Gasteiger partial charge in [0.05, 0.1) is 5.57 Å². The summed E-state index contributed by atoms with van der Waals surface area (Å²) in [6.07, 6.45) is 5.43. The van der Waals surface area contributed by atoms with Crippen molar-refractivity contribution in [2.24, 2.45) is 23.7 Å². The number of allylic oxidation sites excluding steroid dienone is 2. The minimum Gasteiger partial charge on any atom is -0.511 e. The second-order valence-electron chi connectivity index (χ2n) is 8.58. The molecule has 2 nitrogen and oxygen atoms in total. The SMILES string of the molecule is CCc1ccc(-c2ccc(Cl)cc2)cc1C1=C(O)[C@H]2[C@H]3CC[C@H](CC3)[C@H]2C1=O. The van der Waals surface area contributed by atoms with Crippen molar-refractivity contribution < 1.29 is 9.90 Å². The Morgan fingerprint density at radius 3 is 2.14 bits per heavy atom. The maximum Gasteiger partial charge on any atom is 0.170 e. The summed E-state index contributed by atoms with van der Waals surface area (Å²) in [6.45, 7) is 2.11. The van der Waals surface area contributed by atoms with Crippen molar-refractivity contribution >= 4 is 23.0 Å². The molecule has 1 N–H and O–H groups in total. The van der Waals surface area contributed by atoms with Gasteiger partial charge in [0.2, 0.25) is 0 Å². The van der Waals surface area contributed by atoms with Gasteiger partial charge in [-0.1, -0.05) is 42.8 Å². The molecule has 0 spiro atoms. The number of aryl methyl sites for hydroxylation is 1. The van der Waals surface area contributed by atoms with Gasteiger partial charge in [-0.05, 0) is 84.4 Å². The summed E-state index contributed by atoms with van der Waals surface area (Å²) in [6, 6.07) is 14.0. The smallest absolute Gasteiger partial charge is 0.170 e. The molecule has 3 heteroatoms. The van der Waals surface area contributed by atoms with E-state index in [9.17, 15) is 9.90 Å². The van der Waals surface area contributed by atoms with Crippen molar-refractivity contribution in [3.05, 3.63) is 64.4 Å². The lowest BCUT2D eigenvalue weighted by Crippen LogP contribution is -2.41. The first-order chi connectivity index (χ1) is 13.6. The minimum absolute atomic E-state index is 0.00592. The second-order valence-corrected chi connectivity index (χ2v) is 9.02. The van der Waals surface area contributed by atoms with Gasteiger partial charge in [-0.3, -0.25) is 4.79 Å². The standard InChI is InChI=1S/C25H25ClO2/c1-2-14-3-8-18(15-9-11-19(26)12-10-15)13-20(14)23-24(27)21-16-4-5-17(7-6-16)22(21)25(23)28/h3,8-13,16-17,21-22,27H,2,4-7H2,1H3/t16-,17+,21-,22+/m0/s1. The van der Waals surface area contributed by atoms with E-state index < -0.39 is 0 Å². The van der Waals surface area contributed by atoms with E-state index in [1.165, 1.54) is 0 Å². The van der Waals surface area contributed by atoms with E-state index in [1.807, 2.05) is 24.3 Å². The third kappa shape index (κ3) is 2.65. The van der Waals surface area contributed by atoms with Gasteiger partial charge in [-0.15, -0.1) is 0 Å². The molecule has 0 unspecified atom stereocenters. The highest BCUT2D eigenvalue weighted by Gasteiger charge is 2.54. The molecule has 3 saturated carbocycles. The van der Waals surface area contributed by atoms with Gasteiger partial charge in [-0.25, -0.2) is 0 Å². The number of hydrogen-bond acceptors (Lipinski definition) is 2.